The molecule has 0 bridgehead atoms. The Kier molecular flexibility index (Phi) is 3.43. The third-order valence-electron chi connectivity index (χ3n) is 2.85. The van der Waals surface area contributed by atoms with Gasteiger partial charge in [0.1, 0.15) is 5.69 Å². The van der Waals surface area contributed by atoms with Crippen LogP contribution in [0, 0.1) is 17.2 Å². The van der Waals surface area contributed by atoms with Crippen molar-refractivity contribution in [2.24, 2.45) is 5.92 Å². The zero-order valence-corrected chi connectivity index (χ0v) is 11.0. The molecule has 1 heterocycles. The predicted molar refractivity (Wildman–Crippen MR) is 74.1 cm³/mol. The summed E-state index contributed by atoms with van der Waals surface area (Å²) in [7, 11) is 0. The van der Waals surface area contributed by atoms with Gasteiger partial charge in [0.2, 0.25) is 0 Å². The summed E-state index contributed by atoms with van der Waals surface area (Å²) < 4.78 is 1.38. The fourth-order valence-corrected chi connectivity index (χ4v) is 1.96. The molecule has 0 amide bonds. The summed E-state index contributed by atoms with van der Waals surface area (Å²) in [6.07, 6.45) is 0.714. The minimum Gasteiger partial charge on any atom is -0.393 e. The number of rotatable bonds is 3. The molecular weight excluding hydrogens is 240 g/mol. The molecule has 1 aromatic carbocycles. The Bertz CT molecular complexity index is 688. The van der Waals surface area contributed by atoms with Crippen LogP contribution in [0.3, 0.4) is 0 Å². The van der Waals surface area contributed by atoms with Crippen LogP contribution in [0.15, 0.2) is 29.1 Å². The molecule has 0 aliphatic carbocycles. The summed E-state index contributed by atoms with van der Waals surface area (Å²) in [4.78, 5) is 12.1. The Morgan fingerprint density at radius 2 is 2.21 bits per heavy atom. The van der Waals surface area contributed by atoms with E-state index in [2.05, 4.69) is 18.9 Å². The molecule has 0 unspecified atom stereocenters. The van der Waals surface area contributed by atoms with Crippen LogP contribution in [-0.2, 0) is 6.42 Å². The van der Waals surface area contributed by atoms with Gasteiger partial charge in [-0.2, -0.15) is 5.26 Å². The quantitative estimate of drug-likeness (QED) is 0.878. The van der Waals surface area contributed by atoms with Crippen LogP contribution in [0.1, 0.15) is 25.1 Å². The molecular formula is C14H16N4O. The molecule has 5 heteroatoms. The van der Waals surface area contributed by atoms with Crippen molar-refractivity contribution in [3.8, 4) is 11.8 Å². The van der Waals surface area contributed by atoms with Crippen molar-refractivity contribution in [3.63, 3.8) is 0 Å². The number of aromatic amines is 1. The van der Waals surface area contributed by atoms with E-state index in [1.165, 1.54) is 4.68 Å². The number of nitrogens with one attached hydrogen (secondary N) is 1. The van der Waals surface area contributed by atoms with Gasteiger partial charge in [-0.3, -0.25) is 9.89 Å². The summed E-state index contributed by atoms with van der Waals surface area (Å²) in [6.45, 7) is 4.12. The Hall–Kier alpha value is -2.48. The molecule has 0 atom stereocenters. The summed E-state index contributed by atoms with van der Waals surface area (Å²) >= 11 is 0. The molecule has 0 radical (unpaired) electrons. The van der Waals surface area contributed by atoms with Crippen LogP contribution >= 0.6 is 0 Å². The van der Waals surface area contributed by atoms with Gasteiger partial charge in [-0.1, -0.05) is 19.9 Å². The lowest BCUT2D eigenvalue weighted by Crippen LogP contribution is -2.16. The predicted octanol–water partition coefficient (Wildman–Crippen LogP) is 1.82. The van der Waals surface area contributed by atoms with Gasteiger partial charge in [0.15, 0.2) is 0 Å². The number of benzene rings is 1. The van der Waals surface area contributed by atoms with E-state index in [1.807, 2.05) is 6.07 Å². The zero-order valence-electron chi connectivity index (χ0n) is 11.0. The minimum absolute atomic E-state index is 0.246. The number of nitrogens with zero attached hydrogens (tertiary/aromatic N) is 2. The van der Waals surface area contributed by atoms with Gasteiger partial charge in [0, 0.05) is 0 Å². The molecule has 0 aliphatic rings. The second kappa shape index (κ2) is 5.02. The Morgan fingerprint density at radius 1 is 1.47 bits per heavy atom. The van der Waals surface area contributed by atoms with Crippen molar-refractivity contribution in [1.29, 1.82) is 5.26 Å². The first kappa shape index (κ1) is 13.0. The molecule has 0 saturated carbocycles. The lowest BCUT2D eigenvalue weighted by atomic mass is 10.1. The second-order valence-corrected chi connectivity index (χ2v) is 4.90. The van der Waals surface area contributed by atoms with Gasteiger partial charge < -0.3 is 5.73 Å². The Balaban J connectivity index is 2.51. The lowest BCUT2D eigenvalue weighted by molar-refractivity contribution is 0.628. The zero-order chi connectivity index (χ0) is 14.0. The van der Waals surface area contributed by atoms with Crippen molar-refractivity contribution in [2.45, 2.75) is 20.3 Å². The van der Waals surface area contributed by atoms with E-state index in [-0.39, 0.29) is 11.2 Å². The van der Waals surface area contributed by atoms with Gasteiger partial charge in [0.05, 0.1) is 23.0 Å². The summed E-state index contributed by atoms with van der Waals surface area (Å²) in [5, 5.41) is 11.9. The standard InChI is InChI=1S/C14H16N4O/c1-9(2)6-12-13(16)14(19)18(17-12)11-5-3-4-10(7-11)8-15/h3-5,7,9,17H,6,16H2,1-2H3. The van der Waals surface area contributed by atoms with Crippen LogP contribution in [0.2, 0.25) is 0 Å². The molecule has 0 fully saturated rings. The first-order chi connectivity index (χ1) is 9.02. The van der Waals surface area contributed by atoms with E-state index in [4.69, 9.17) is 11.0 Å². The number of hydrogen-bond acceptors (Lipinski definition) is 3. The number of nitriles is 1. The van der Waals surface area contributed by atoms with Crippen molar-refractivity contribution >= 4 is 5.69 Å². The summed E-state index contributed by atoms with van der Waals surface area (Å²) in [5.74, 6) is 0.402. The molecule has 0 spiro atoms. The highest BCUT2D eigenvalue weighted by molar-refractivity contribution is 5.46. The third kappa shape index (κ3) is 2.52. The van der Waals surface area contributed by atoms with E-state index < -0.39 is 0 Å². The second-order valence-electron chi connectivity index (χ2n) is 4.90. The van der Waals surface area contributed by atoms with Gasteiger partial charge in [-0.05, 0) is 30.5 Å². The molecule has 19 heavy (non-hydrogen) atoms. The van der Waals surface area contributed by atoms with Crippen LogP contribution in [0.4, 0.5) is 5.69 Å². The Morgan fingerprint density at radius 3 is 2.84 bits per heavy atom. The van der Waals surface area contributed by atoms with E-state index in [0.717, 1.165) is 5.69 Å². The topological polar surface area (TPSA) is 87.6 Å². The number of anilines is 1. The SMILES string of the molecule is CC(C)Cc1[nH]n(-c2cccc(C#N)c2)c(=O)c1N. The normalized spacial score (nSPS) is 10.6. The third-order valence-corrected chi connectivity index (χ3v) is 2.85. The molecule has 3 N–H and O–H groups in total. The largest absolute Gasteiger partial charge is 0.393 e. The van der Waals surface area contributed by atoms with Crippen LogP contribution in [0.5, 0.6) is 0 Å². The number of H-pyrrole nitrogens is 1. The van der Waals surface area contributed by atoms with Crippen LogP contribution < -0.4 is 11.3 Å². The minimum atomic E-state index is -0.272. The maximum Gasteiger partial charge on any atom is 0.294 e. The van der Waals surface area contributed by atoms with E-state index in [0.29, 0.717) is 23.6 Å². The summed E-state index contributed by atoms with van der Waals surface area (Å²) in [5.41, 5.74) is 7.66. The van der Waals surface area contributed by atoms with Crippen molar-refractivity contribution < 1.29 is 0 Å². The number of nitrogen functional groups attached to an aromatic ring is 1. The van der Waals surface area contributed by atoms with Gasteiger partial charge in [0.25, 0.3) is 5.56 Å². The van der Waals surface area contributed by atoms with Crippen LogP contribution in [-0.4, -0.2) is 9.78 Å². The number of nitrogens with two attached hydrogens (primary N) is 1. The smallest absolute Gasteiger partial charge is 0.294 e. The van der Waals surface area contributed by atoms with Crippen LogP contribution in [0.25, 0.3) is 5.69 Å². The first-order valence-corrected chi connectivity index (χ1v) is 6.13. The Labute approximate surface area is 111 Å². The van der Waals surface area contributed by atoms with Gasteiger partial charge in [-0.25, -0.2) is 4.68 Å². The lowest BCUT2D eigenvalue weighted by Gasteiger charge is -2.03. The first-order valence-electron chi connectivity index (χ1n) is 6.13. The average Bonchev–Trinajstić information content (AvgIpc) is 2.67. The molecule has 1 aromatic heterocycles. The molecule has 2 rings (SSSR count). The van der Waals surface area contributed by atoms with Crippen molar-refractivity contribution in [3.05, 3.63) is 45.9 Å². The van der Waals surface area contributed by atoms with Crippen molar-refractivity contribution in [1.82, 2.24) is 9.78 Å². The highest BCUT2D eigenvalue weighted by Crippen LogP contribution is 2.13. The highest BCUT2D eigenvalue weighted by atomic mass is 16.1. The molecule has 0 saturated heterocycles. The fourth-order valence-electron chi connectivity index (χ4n) is 1.96. The average molecular weight is 256 g/mol. The van der Waals surface area contributed by atoms with E-state index >= 15 is 0 Å². The number of aromatic nitrogens is 2. The van der Waals surface area contributed by atoms with Gasteiger partial charge >= 0.3 is 0 Å². The molecule has 98 valence electrons. The maximum absolute atomic E-state index is 12.1. The molecule has 5 nitrogen and oxygen atoms in total. The maximum atomic E-state index is 12.1. The summed E-state index contributed by atoms with van der Waals surface area (Å²) in [6, 6.07) is 8.89. The molecule has 0 aliphatic heterocycles. The van der Waals surface area contributed by atoms with E-state index in [9.17, 15) is 4.79 Å². The van der Waals surface area contributed by atoms with Crippen molar-refractivity contribution in [2.75, 3.05) is 5.73 Å². The molecule has 2 aromatic rings. The highest BCUT2D eigenvalue weighted by Gasteiger charge is 2.13. The monoisotopic (exact) mass is 256 g/mol. The fraction of sp³-hybridized carbons (Fsp3) is 0.286. The number of hydrogen-bond donors (Lipinski definition) is 2. The van der Waals surface area contributed by atoms with Gasteiger partial charge in [-0.15, -0.1) is 0 Å². The van der Waals surface area contributed by atoms with E-state index in [1.54, 1.807) is 24.3 Å².